The van der Waals surface area contributed by atoms with Gasteiger partial charge in [-0.2, -0.15) is 0 Å². The molecule has 1 fully saturated rings. The van der Waals surface area contributed by atoms with Crippen molar-refractivity contribution in [2.75, 3.05) is 38.5 Å². The van der Waals surface area contributed by atoms with Gasteiger partial charge in [-0.3, -0.25) is 9.59 Å². The number of rotatable bonds is 9. The van der Waals surface area contributed by atoms with Gasteiger partial charge in [0, 0.05) is 13.1 Å². The molecule has 0 aromatic heterocycles. The minimum Gasteiger partial charge on any atom is -0.338 e. The molecule has 2 N–H and O–H groups in total. The summed E-state index contributed by atoms with van der Waals surface area (Å²) < 4.78 is 0. The van der Waals surface area contributed by atoms with Crippen LogP contribution in [-0.4, -0.2) is 49.9 Å². The van der Waals surface area contributed by atoms with E-state index >= 15 is 0 Å². The number of likely N-dealkylation sites (N-methyl/N-ethyl adjacent to an activating group) is 1. The van der Waals surface area contributed by atoms with Gasteiger partial charge in [0.05, 0.1) is 17.8 Å². The minimum absolute atomic E-state index is 0.131. The molecule has 0 heterocycles. The topological polar surface area (TPSA) is 53.9 Å². The van der Waals surface area contributed by atoms with Crippen LogP contribution in [0.4, 0.5) is 5.69 Å². The van der Waals surface area contributed by atoms with Gasteiger partial charge in [-0.25, -0.2) is 0 Å². The third-order valence-corrected chi connectivity index (χ3v) is 4.41. The Hall–Kier alpha value is -1.59. The molecule has 1 atom stereocenters. The van der Waals surface area contributed by atoms with E-state index in [1.54, 1.807) is 12.1 Å². The third-order valence-electron chi connectivity index (χ3n) is 4.09. The maximum atomic E-state index is 12.5. The minimum atomic E-state index is -0.141. The highest BCUT2D eigenvalue weighted by molar-refractivity contribution is 6.33. The van der Waals surface area contributed by atoms with Crippen LogP contribution < -0.4 is 10.2 Å². The molecule has 24 heavy (non-hydrogen) atoms. The van der Waals surface area contributed by atoms with E-state index in [2.05, 4.69) is 12.2 Å². The van der Waals surface area contributed by atoms with Crippen molar-refractivity contribution in [3.63, 3.8) is 0 Å². The van der Waals surface area contributed by atoms with Gasteiger partial charge in [-0.05, 0) is 37.3 Å². The second-order valence-electron chi connectivity index (χ2n) is 6.62. The van der Waals surface area contributed by atoms with Gasteiger partial charge in [-0.1, -0.05) is 30.7 Å². The monoisotopic (exact) mass is 352 g/mol. The molecule has 1 aromatic rings. The van der Waals surface area contributed by atoms with Crippen LogP contribution in [0.3, 0.4) is 0 Å². The van der Waals surface area contributed by atoms with Crippen LogP contribution in [0.25, 0.3) is 0 Å². The van der Waals surface area contributed by atoms with E-state index in [0.29, 0.717) is 23.2 Å². The molecular weight excluding hydrogens is 326 g/mol. The summed E-state index contributed by atoms with van der Waals surface area (Å²) in [7, 11) is 1.87. The van der Waals surface area contributed by atoms with Gasteiger partial charge in [0.15, 0.2) is 13.1 Å². The number of halogens is 1. The molecule has 1 aromatic carbocycles. The molecule has 1 unspecified atom stereocenters. The fourth-order valence-corrected chi connectivity index (χ4v) is 2.85. The molecule has 0 spiro atoms. The third kappa shape index (κ3) is 6.13. The first-order valence-corrected chi connectivity index (χ1v) is 9.00. The van der Waals surface area contributed by atoms with Crippen LogP contribution in [0.15, 0.2) is 24.3 Å². The summed E-state index contributed by atoms with van der Waals surface area (Å²) in [6, 6.07) is 7.13. The Labute approximate surface area is 149 Å². The Balaban J connectivity index is 1.80. The van der Waals surface area contributed by atoms with Gasteiger partial charge in [0.1, 0.15) is 0 Å². The number of benzene rings is 1. The molecule has 2 amide bonds. The molecule has 0 bridgehead atoms. The molecular formula is C18H27ClN3O2+. The molecule has 132 valence electrons. The predicted octanol–water partition coefficient (Wildman–Crippen LogP) is 1.44. The van der Waals surface area contributed by atoms with Crippen molar-refractivity contribution in [1.29, 1.82) is 0 Å². The number of carbonyl (C=O) groups excluding carboxylic acids is 2. The predicted molar refractivity (Wildman–Crippen MR) is 96.3 cm³/mol. The number of hydrogen-bond acceptors (Lipinski definition) is 2. The van der Waals surface area contributed by atoms with Crippen molar-refractivity contribution < 1.29 is 14.5 Å². The highest BCUT2D eigenvalue weighted by atomic mass is 35.5. The number of carbonyl (C=O) groups is 2. The SMILES string of the molecule is CCCN(CC1CC1)C(=O)C[NH+](C)CC(=O)Nc1ccccc1Cl. The maximum Gasteiger partial charge on any atom is 0.279 e. The van der Waals surface area contributed by atoms with Crippen LogP contribution >= 0.6 is 11.6 Å². The zero-order chi connectivity index (χ0) is 17.5. The quantitative estimate of drug-likeness (QED) is 0.706. The van der Waals surface area contributed by atoms with E-state index in [1.165, 1.54) is 12.8 Å². The van der Waals surface area contributed by atoms with Gasteiger partial charge >= 0.3 is 0 Å². The van der Waals surface area contributed by atoms with Gasteiger partial charge in [-0.15, -0.1) is 0 Å². The largest absolute Gasteiger partial charge is 0.338 e. The van der Waals surface area contributed by atoms with Crippen LogP contribution in [0.2, 0.25) is 5.02 Å². The van der Waals surface area contributed by atoms with Crippen molar-refractivity contribution in [1.82, 2.24) is 4.90 Å². The van der Waals surface area contributed by atoms with Crippen LogP contribution in [-0.2, 0) is 9.59 Å². The molecule has 2 rings (SSSR count). The standard InChI is InChI=1S/C18H26ClN3O2/c1-3-10-22(11-14-8-9-14)18(24)13-21(2)12-17(23)20-16-7-5-4-6-15(16)19/h4-7,14H,3,8-13H2,1-2H3,(H,20,23)/p+1. The lowest BCUT2D eigenvalue weighted by molar-refractivity contribution is -0.862. The second kappa shape index (κ2) is 9.04. The molecule has 0 saturated heterocycles. The van der Waals surface area contributed by atoms with Crippen LogP contribution in [0, 0.1) is 5.92 Å². The summed E-state index contributed by atoms with van der Waals surface area (Å²) in [4.78, 5) is 27.4. The molecule has 1 saturated carbocycles. The van der Waals surface area contributed by atoms with Gasteiger partial charge in [0.2, 0.25) is 0 Å². The summed E-state index contributed by atoms with van der Waals surface area (Å²) in [6.45, 7) is 4.32. The maximum absolute atomic E-state index is 12.5. The Bertz CT molecular complexity index is 575. The number of anilines is 1. The lowest BCUT2D eigenvalue weighted by Crippen LogP contribution is -3.11. The summed E-state index contributed by atoms with van der Waals surface area (Å²) in [6.07, 6.45) is 3.43. The molecule has 0 radical (unpaired) electrons. The first kappa shape index (κ1) is 18.7. The van der Waals surface area contributed by atoms with Crippen molar-refractivity contribution in [3.05, 3.63) is 29.3 Å². The zero-order valence-corrected chi connectivity index (χ0v) is 15.2. The Kier molecular flexibility index (Phi) is 7.06. The average Bonchev–Trinajstić information content (AvgIpc) is 3.33. The number of amides is 2. The summed E-state index contributed by atoms with van der Waals surface area (Å²) in [5.41, 5.74) is 0.602. The Morgan fingerprint density at radius 2 is 2.00 bits per heavy atom. The summed E-state index contributed by atoms with van der Waals surface area (Å²) in [5.74, 6) is 0.675. The Morgan fingerprint density at radius 3 is 2.62 bits per heavy atom. The highest BCUT2D eigenvalue weighted by Crippen LogP contribution is 2.29. The van der Waals surface area contributed by atoms with E-state index in [0.717, 1.165) is 24.4 Å². The summed E-state index contributed by atoms with van der Waals surface area (Å²) >= 11 is 6.04. The number of para-hydroxylation sites is 1. The van der Waals surface area contributed by atoms with Gasteiger partial charge in [0.25, 0.3) is 11.8 Å². The molecule has 1 aliphatic carbocycles. The summed E-state index contributed by atoms with van der Waals surface area (Å²) in [5, 5.41) is 3.31. The molecule has 6 heteroatoms. The van der Waals surface area contributed by atoms with E-state index in [4.69, 9.17) is 11.6 Å². The first-order chi connectivity index (χ1) is 11.5. The smallest absolute Gasteiger partial charge is 0.279 e. The van der Waals surface area contributed by atoms with Crippen molar-refractivity contribution in [3.8, 4) is 0 Å². The fourth-order valence-electron chi connectivity index (χ4n) is 2.66. The first-order valence-electron chi connectivity index (χ1n) is 8.63. The van der Waals surface area contributed by atoms with E-state index in [9.17, 15) is 9.59 Å². The number of nitrogens with zero attached hydrogens (tertiary/aromatic N) is 1. The van der Waals surface area contributed by atoms with Gasteiger partial charge < -0.3 is 15.1 Å². The molecule has 0 aliphatic heterocycles. The second-order valence-corrected chi connectivity index (χ2v) is 7.03. The van der Waals surface area contributed by atoms with E-state index < -0.39 is 0 Å². The lowest BCUT2D eigenvalue weighted by atomic mass is 10.3. The van der Waals surface area contributed by atoms with Crippen LogP contribution in [0.1, 0.15) is 26.2 Å². The Morgan fingerprint density at radius 1 is 1.29 bits per heavy atom. The van der Waals surface area contributed by atoms with E-state index in [1.807, 2.05) is 24.1 Å². The number of quaternary nitrogens is 1. The normalized spacial score (nSPS) is 15.0. The highest BCUT2D eigenvalue weighted by Gasteiger charge is 2.27. The van der Waals surface area contributed by atoms with Crippen molar-refractivity contribution >= 4 is 29.1 Å². The van der Waals surface area contributed by atoms with Crippen molar-refractivity contribution in [2.45, 2.75) is 26.2 Å². The number of nitrogens with one attached hydrogen (secondary N) is 2. The molecule has 1 aliphatic rings. The zero-order valence-electron chi connectivity index (χ0n) is 14.5. The average molecular weight is 353 g/mol. The van der Waals surface area contributed by atoms with E-state index in [-0.39, 0.29) is 18.4 Å². The lowest BCUT2D eigenvalue weighted by Gasteiger charge is -2.23. The fraction of sp³-hybridized carbons (Fsp3) is 0.556. The van der Waals surface area contributed by atoms with Crippen LogP contribution in [0.5, 0.6) is 0 Å². The van der Waals surface area contributed by atoms with Crippen molar-refractivity contribution in [2.24, 2.45) is 5.92 Å². The molecule has 5 nitrogen and oxygen atoms in total. The number of hydrogen-bond donors (Lipinski definition) is 2.